The Morgan fingerprint density at radius 2 is 2.03 bits per heavy atom. The van der Waals surface area contributed by atoms with Gasteiger partial charge in [-0.3, -0.25) is 9.69 Å². The van der Waals surface area contributed by atoms with Gasteiger partial charge in [-0.1, -0.05) is 12.1 Å². The summed E-state index contributed by atoms with van der Waals surface area (Å²) in [6.07, 6.45) is 3.44. The predicted molar refractivity (Wildman–Crippen MR) is 106 cm³/mol. The second kappa shape index (κ2) is 8.92. The van der Waals surface area contributed by atoms with E-state index in [-0.39, 0.29) is 17.8 Å². The van der Waals surface area contributed by atoms with Crippen LogP contribution in [0.4, 0.5) is 10.1 Å². The molecule has 1 unspecified atom stereocenters. The van der Waals surface area contributed by atoms with E-state index in [0.717, 1.165) is 45.6 Å². The van der Waals surface area contributed by atoms with E-state index < -0.39 is 0 Å². The first kappa shape index (κ1) is 19.8. The normalized spacial score (nSPS) is 20.8. The maximum Gasteiger partial charge on any atom is 0.275 e. The number of piperazine rings is 1. The van der Waals surface area contributed by atoms with Crippen molar-refractivity contribution in [1.82, 2.24) is 14.8 Å². The molecule has 7 nitrogen and oxygen atoms in total. The second-order valence-electron chi connectivity index (χ2n) is 7.59. The zero-order chi connectivity index (χ0) is 20.2. The highest BCUT2D eigenvalue weighted by molar-refractivity contribution is 5.92. The second-order valence-corrected chi connectivity index (χ2v) is 7.59. The highest BCUT2D eigenvalue weighted by atomic mass is 19.1. The third-order valence-corrected chi connectivity index (χ3v) is 5.69. The first-order chi connectivity index (χ1) is 14.1. The maximum atomic E-state index is 14.0. The van der Waals surface area contributed by atoms with Crippen molar-refractivity contribution in [2.75, 3.05) is 51.3 Å². The van der Waals surface area contributed by atoms with Crippen LogP contribution in [0.5, 0.6) is 0 Å². The zero-order valence-electron chi connectivity index (χ0n) is 16.7. The molecule has 1 amide bonds. The Balaban J connectivity index is 1.31. The summed E-state index contributed by atoms with van der Waals surface area (Å²) in [5.74, 6) is 0.240. The van der Waals surface area contributed by atoms with Crippen LogP contribution in [0.3, 0.4) is 0 Å². The third kappa shape index (κ3) is 4.59. The number of amides is 1. The Labute approximate surface area is 170 Å². The molecule has 0 radical (unpaired) electrons. The Bertz CT molecular complexity index is 835. The first-order valence-electron chi connectivity index (χ1n) is 10.1. The standard InChI is InChI=1S/C21H27FN4O3/c1-28-16-5-4-8-26(13-16)21(27)18-15-29-20(23-18)14-24-9-11-25(12-10-24)19-7-3-2-6-17(19)22/h2-3,6-7,15-16H,4-5,8-14H2,1H3. The Kier molecular flexibility index (Phi) is 6.10. The number of likely N-dealkylation sites (tertiary alicyclic amines) is 1. The molecule has 2 aliphatic heterocycles. The van der Waals surface area contributed by atoms with Crippen LogP contribution in [0.25, 0.3) is 0 Å². The lowest BCUT2D eigenvalue weighted by Gasteiger charge is -2.35. The molecule has 1 aromatic heterocycles. The molecule has 1 aromatic carbocycles. The van der Waals surface area contributed by atoms with Gasteiger partial charge in [0.1, 0.15) is 12.1 Å². The number of nitrogens with zero attached hydrogens (tertiary/aromatic N) is 4. The Morgan fingerprint density at radius 3 is 2.79 bits per heavy atom. The van der Waals surface area contributed by atoms with Crippen LogP contribution < -0.4 is 4.90 Å². The van der Waals surface area contributed by atoms with Crippen molar-refractivity contribution in [2.24, 2.45) is 0 Å². The lowest BCUT2D eigenvalue weighted by molar-refractivity contribution is 0.0265. The first-order valence-corrected chi connectivity index (χ1v) is 10.1. The van der Waals surface area contributed by atoms with Gasteiger partial charge in [-0.05, 0) is 25.0 Å². The minimum Gasteiger partial charge on any atom is -0.447 e. The smallest absolute Gasteiger partial charge is 0.275 e. The molecule has 0 N–H and O–H groups in total. The van der Waals surface area contributed by atoms with Crippen molar-refractivity contribution in [1.29, 1.82) is 0 Å². The molecule has 2 aromatic rings. The zero-order valence-corrected chi connectivity index (χ0v) is 16.7. The molecule has 4 rings (SSSR count). The molecule has 2 fully saturated rings. The number of anilines is 1. The fraction of sp³-hybridized carbons (Fsp3) is 0.524. The number of carbonyl (C=O) groups is 1. The van der Waals surface area contributed by atoms with Crippen molar-refractivity contribution in [3.8, 4) is 0 Å². The summed E-state index contributed by atoms with van der Waals surface area (Å²) in [5.41, 5.74) is 0.994. The molecule has 29 heavy (non-hydrogen) atoms. The summed E-state index contributed by atoms with van der Waals surface area (Å²) < 4.78 is 24.9. The number of hydrogen-bond donors (Lipinski definition) is 0. The number of aromatic nitrogens is 1. The molecular weight excluding hydrogens is 375 g/mol. The van der Waals surface area contributed by atoms with E-state index in [4.69, 9.17) is 9.15 Å². The third-order valence-electron chi connectivity index (χ3n) is 5.69. The van der Waals surface area contributed by atoms with Gasteiger partial charge in [0.05, 0.1) is 18.3 Å². The molecule has 1 atom stereocenters. The molecule has 156 valence electrons. The van der Waals surface area contributed by atoms with E-state index in [1.165, 1.54) is 12.3 Å². The number of ether oxygens (including phenoxy) is 1. The molecular formula is C21H27FN4O3. The molecule has 0 spiro atoms. The molecule has 2 saturated heterocycles. The molecule has 3 heterocycles. The summed E-state index contributed by atoms with van der Waals surface area (Å²) in [4.78, 5) is 23.1. The summed E-state index contributed by atoms with van der Waals surface area (Å²) in [5, 5.41) is 0. The van der Waals surface area contributed by atoms with Crippen LogP contribution in [0.2, 0.25) is 0 Å². The number of methoxy groups -OCH3 is 1. The summed E-state index contributed by atoms with van der Waals surface area (Å²) >= 11 is 0. The van der Waals surface area contributed by atoms with Crippen molar-refractivity contribution < 1.29 is 18.3 Å². The van der Waals surface area contributed by atoms with Gasteiger partial charge in [-0.15, -0.1) is 0 Å². The van der Waals surface area contributed by atoms with E-state index in [1.54, 1.807) is 18.1 Å². The number of benzene rings is 1. The number of halogens is 1. The van der Waals surface area contributed by atoms with Crippen molar-refractivity contribution in [3.63, 3.8) is 0 Å². The summed E-state index contributed by atoms with van der Waals surface area (Å²) in [6, 6.07) is 6.86. The molecule has 8 heteroatoms. The fourth-order valence-corrected chi connectivity index (χ4v) is 4.01. The Morgan fingerprint density at radius 1 is 1.24 bits per heavy atom. The largest absolute Gasteiger partial charge is 0.447 e. The van der Waals surface area contributed by atoms with Crippen LogP contribution >= 0.6 is 0 Å². The number of piperidine rings is 1. The van der Waals surface area contributed by atoms with Crippen molar-refractivity contribution in [3.05, 3.63) is 47.9 Å². The van der Waals surface area contributed by atoms with Crippen molar-refractivity contribution >= 4 is 11.6 Å². The van der Waals surface area contributed by atoms with Crippen LogP contribution in [0.15, 0.2) is 34.9 Å². The molecule has 2 aliphatic rings. The fourth-order valence-electron chi connectivity index (χ4n) is 4.01. The molecule has 0 saturated carbocycles. The van der Waals surface area contributed by atoms with Crippen LogP contribution in [-0.2, 0) is 11.3 Å². The quantitative estimate of drug-likeness (QED) is 0.765. The average molecular weight is 402 g/mol. The molecule has 0 bridgehead atoms. The lowest BCUT2D eigenvalue weighted by atomic mass is 10.1. The maximum absolute atomic E-state index is 14.0. The van der Waals surface area contributed by atoms with Gasteiger partial charge < -0.3 is 19.0 Å². The van der Waals surface area contributed by atoms with E-state index in [0.29, 0.717) is 30.4 Å². The summed E-state index contributed by atoms with van der Waals surface area (Å²) in [6.45, 7) is 4.88. The highest BCUT2D eigenvalue weighted by Crippen LogP contribution is 2.21. The van der Waals surface area contributed by atoms with E-state index in [1.807, 2.05) is 12.1 Å². The van der Waals surface area contributed by atoms with Gasteiger partial charge >= 0.3 is 0 Å². The Hall–Kier alpha value is -2.45. The summed E-state index contributed by atoms with van der Waals surface area (Å²) in [7, 11) is 1.68. The number of para-hydroxylation sites is 1. The van der Waals surface area contributed by atoms with Crippen LogP contribution in [0.1, 0.15) is 29.2 Å². The van der Waals surface area contributed by atoms with E-state index in [9.17, 15) is 9.18 Å². The van der Waals surface area contributed by atoms with E-state index >= 15 is 0 Å². The minimum atomic E-state index is -0.190. The average Bonchev–Trinajstić information content (AvgIpc) is 3.23. The number of hydrogen-bond acceptors (Lipinski definition) is 6. The molecule has 0 aliphatic carbocycles. The van der Waals surface area contributed by atoms with Crippen LogP contribution in [-0.4, -0.2) is 73.2 Å². The number of oxazole rings is 1. The van der Waals surface area contributed by atoms with Gasteiger partial charge in [0, 0.05) is 46.4 Å². The highest BCUT2D eigenvalue weighted by Gasteiger charge is 2.27. The topological polar surface area (TPSA) is 62.1 Å². The SMILES string of the molecule is COC1CCCN(C(=O)c2coc(CN3CCN(c4ccccc4F)CC3)n2)C1. The number of carbonyl (C=O) groups excluding carboxylic acids is 1. The van der Waals surface area contributed by atoms with Gasteiger partial charge in [0.2, 0.25) is 5.89 Å². The van der Waals surface area contributed by atoms with Gasteiger partial charge in [-0.25, -0.2) is 9.37 Å². The van der Waals surface area contributed by atoms with Gasteiger partial charge in [-0.2, -0.15) is 0 Å². The number of rotatable bonds is 5. The van der Waals surface area contributed by atoms with E-state index in [2.05, 4.69) is 14.8 Å². The lowest BCUT2D eigenvalue weighted by Crippen LogP contribution is -2.46. The monoisotopic (exact) mass is 402 g/mol. The van der Waals surface area contributed by atoms with Gasteiger partial charge in [0.15, 0.2) is 5.69 Å². The van der Waals surface area contributed by atoms with Gasteiger partial charge in [0.25, 0.3) is 5.91 Å². The minimum absolute atomic E-state index is 0.0878. The van der Waals surface area contributed by atoms with Crippen LogP contribution in [0, 0.1) is 5.82 Å². The predicted octanol–water partition coefficient (Wildman–Crippen LogP) is 2.39. The van der Waals surface area contributed by atoms with Crippen molar-refractivity contribution in [2.45, 2.75) is 25.5 Å².